The summed E-state index contributed by atoms with van der Waals surface area (Å²) < 4.78 is 12.3. The van der Waals surface area contributed by atoms with E-state index in [2.05, 4.69) is 39.3 Å². The zero-order valence-electron chi connectivity index (χ0n) is 10.5. The van der Waals surface area contributed by atoms with Gasteiger partial charge in [0.25, 0.3) is 0 Å². The van der Waals surface area contributed by atoms with Crippen LogP contribution in [-0.2, 0) is 8.23 Å². The van der Waals surface area contributed by atoms with Crippen LogP contribution < -0.4 is 0 Å². The Morgan fingerprint density at radius 2 is 1.00 bits per heavy atom. The van der Waals surface area contributed by atoms with Crippen molar-refractivity contribution in [2.75, 3.05) is 11.0 Å². The molecule has 0 heterocycles. The monoisotopic (exact) mass is 304 g/mol. The third kappa shape index (κ3) is 7.14. The van der Waals surface area contributed by atoms with Crippen LogP contribution in [0.4, 0.5) is 0 Å². The van der Waals surface area contributed by atoms with Crippen LogP contribution in [0.5, 0.6) is 0 Å². The summed E-state index contributed by atoms with van der Waals surface area (Å²) in [5.41, 5.74) is 0.843. The molecule has 0 amide bonds. The van der Waals surface area contributed by atoms with Crippen LogP contribution in [0.1, 0.15) is 0 Å². The molecule has 0 unspecified atom stereocenters. The van der Waals surface area contributed by atoms with Gasteiger partial charge in [0.05, 0.1) is 11.0 Å². The Hall–Kier alpha value is 1.15. The minimum atomic E-state index is -2.36. The predicted octanol–water partition coefficient (Wildman–Crippen LogP) is 3.69. The summed E-state index contributed by atoms with van der Waals surface area (Å²) in [7, 11) is -5.65. The number of hydrogen-bond donors (Lipinski definition) is 0. The van der Waals surface area contributed by atoms with Crippen LogP contribution in [0.25, 0.3) is 0 Å². The lowest BCUT2D eigenvalue weighted by molar-refractivity contribution is 0.391. The highest BCUT2D eigenvalue weighted by Crippen LogP contribution is 2.22. The van der Waals surface area contributed by atoms with Gasteiger partial charge in [0.15, 0.2) is 16.6 Å². The largest absolute Gasteiger partial charge is 0.435 e. The van der Waals surface area contributed by atoms with E-state index in [-0.39, 0.29) is 0 Å². The fourth-order valence-electron chi connectivity index (χ4n) is 1.28. The average molecular weight is 305 g/mol. The van der Waals surface area contributed by atoms with E-state index in [9.17, 15) is 0 Å². The van der Waals surface area contributed by atoms with E-state index in [1.807, 2.05) is 0 Å². The Balaban J connectivity index is 4.74. The van der Waals surface area contributed by atoms with Crippen molar-refractivity contribution in [2.45, 2.75) is 39.3 Å². The summed E-state index contributed by atoms with van der Waals surface area (Å²) in [5, 5.41) is 0. The summed E-state index contributed by atoms with van der Waals surface area (Å²) in [6.07, 6.45) is 0. The summed E-state index contributed by atoms with van der Waals surface area (Å²) in [6, 6.07) is 0. The highest BCUT2D eigenvalue weighted by atomic mass is 35.5. The Bertz CT molecular complexity index is 179. The van der Waals surface area contributed by atoms with Crippen molar-refractivity contribution in [3.63, 3.8) is 0 Å². The number of alkyl halides is 2. The molecule has 0 saturated heterocycles. The molecule has 15 heavy (non-hydrogen) atoms. The molecule has 7 heteroatoms. The summed E-state index contributed by atoms with van der Waals surface area (Å²) in [6.45, 7) is 12.8. The molecule has 0 N–H and O–H groups in total. The fraction of sp³-hybridized carbons (Fsp3) is 1.00. The topological polar surface area (TPSA) is 18.5 Å². The van der Waals surface area contributed by atoms with Crippen LogP contribution >= 0.6 is 23.2 Å². The quantitative estimate of drug-likeness (QED) is 0.550. The van der Waals surface area contributed by atoms with Crippen LogP contribution in [0.2, 0.25) is 39.3 Å². The standard InChI is InChI=1S/C8H22Cl2O2Si3/c1-13(2,3)11-15(7-9,8-10)12-14(4,5)6/h7-8H2,1-6H3. The van der Waals surface area contributed by atoms with Crippen molar-refractivity contribution in [1.82, 2.24) is 0 Å². The number of hydrogen-bond acceptors (Lipinski definition) is 2. The second kappa shape index (κ2) is 5.66. The van der Waals surface area contributed by atoms with E-state index in [4.69, 9.17) is 31.4 Å². The summed E-state index contributed by atoms with van der Waals surface area (Å²) >= 11 is 12.0. The first-order chi connectivity index (χ1) is 6.54. The second-order valence-electron chi connectivity index (χ2n) is 5.61. The molecule has 0 bridgehead atoms. The lowest BCUT2D eigenvalue weighted by Gasteiger charge is -2.38. The molecule has 0 spiro atoms. The molecule has 0 aliphatic rings. The highest BCUT2D eigenvalue weighted by Gasteiger charge is 2.43. The zero-order valence-corrected chi connectivity index (χ0v) is 15.0. The summed E-state index contributed by atoms with van der Waals surface area (Å²) in [5.74, 6) is 0. The zero-order chi connectivity index (χ0) is 12.3. The van der Waals surface area contributed by atoms with Gasteiger partial charge in [-0.3, -0.25) is 0 Å². The van der Waals surface area contributed by atoms with E-state index in [0.29, 0.717) is 11.0 Å². The molecule has 0 radical (unpaired) electrons. The Kier molecular flexibility index (Phi) is 6.09. The minimum absolute atomic E-state index is 0.422. The van der Waals surface area contributed by atoms with Gasteiger partial charge >= 0.3 is 8.56 Å². The van der Waals surface area contributed by atoms with Gasteiger partial charge in [-0.2, -0.15) is 0 Å². The van der Waals surface area contributed by atoms with E-state index in [1.54, 1.807) is 0 Å². The molecular formula is C8H22Cl2O2Si3. The molecule has 0 saturated carbocycles. The number of halogens is 2. The van der Waals surface area contributed by atoms with Crippen molar-refractivity contribution in [2.24, 2.45) is 0 Å². The molecule has 0 aliphatic carbocycles. The van der Waals surface area contributed by atoms with Crippen molar-refractivity contribution in [1.29, 1.82) is 0 Å². The Labute approximate surface area is 107 Å². The second-order valence-corrected chi connectivity index (χ2v) is 19.6. The first-order valence-electron chi connectivity index (χ1n) is 5.06. The average Bonchev–Trinajstić information content (AvgIpc) is 1.98. The van der Waals surface area contributed by atoms with E-state index < -0.39 is 25.2 Å². The van der Waals surface area contributed by atoms with Gasteiger partial charge < -0.3 is 8.23 Å². The van der Waals surface area contributed by atoms with E-state index >= 15 is 0 Å². The maximum atomic E-state index is 6.13. The van der Waals surface area contributed by atoms with Gasteiger partial charge in [0.1, 0.15) is 0 Å². The van der Waals surface area contributed by atoms with Gasteiger partial charge in [-0.15, -0.1) is 23.2 Å². The first kappa shape index (κ1) is 16.2. The Morgan fingerprint density at radius 3 is 1.13 bits per heavy atom. The van der Waals surface area contributed by atoms with Crippen molar-refractivity contribution < 1.29 is 8.23 Å². The summed E-state index contributed by atoms with van der Waals surface area (Å²) in [4.78, 5) is 0. The van der Waals surface area contributed by atoms with Gasteiger partial charge in [0, 0.05) is 0 Å². The normalized spacial score (nSPS) is 14.4. The fourth-order valence-corrected chi connectivity index (χ4v) is 14.5. The molecule has 0 rings (SSSR count). The van der Waals surface area contributed by atoms with Gasteiger partial charge in [0.2, 0.25) is 0 Å². The van der Waals surface area contributed by atoms with Crippen molar-refractivity contribution in [3.8, 4) is 0 Å². The molecule has 0 aromatic heterocycles. The first-order valence-corrected chi connectivity index (χ1v) is 15.2. The van der Waals surface area contributed by atoms with Gasteiger partial charge in [-0.1, -0.05) is 0 Å². The van der Waals surface area contributed by atoms with Crippen LogP contribution in [0.3, 0.4) is 0 Å². The highest BCUT2D eigenvalue weighted by molar-refractivity contribution is 6.93. The lowest BCUT2D eigenvalue weighted by Crippen LogP contribution is -2.58. The number of rotatable bonds is 6. The molecule has 0 aliphatic heterocycles. The Morgan fingerprint density at radius 1 is 0.733 bits per heavy atom. The molecule has 92 valence electrons. The van der Waals surface area contributed by atoms with Crippen molar-refractivity contribution in [3.05, 3.63) is 0 Å². The molecule has 0 aromatic carbocycles. The molecular weight excluding hydrogens is 283 g/mol. The lowest BCUT2D eigenvalue weighted by atomic mass is 11.8. The molecule has 2 nitrogen and oxygen atoms in total. The third-order valence-corrected chi connectivity index (χ3v) is 12.5. The SMILES string of the molecule is C[Si](C)(C)O[Si](CCl)(CCl)O[Si](C)(C)C. The molecule has 0 aromatic rings. The minimum Gasteiger partial charge on any atom is -0.435 e. The smallest absolute Gasteiger partial charge is 0.348 e. The maximum absolute atomic E-state index is 6.13. The molecule has 0 atom stereocenters. The molecule has 0 fully saturated rings. The maximum Gasteiger partial charge on any atom is 0.348 e. The van der Waals surface area contributed by atoms with E-state index in [0.717, 1.165) is 0 Å². The predicted molar refractivity (Wildman–Crippen MR) is 76.1 cm³/mol. The van der Waals surface area contributed by atoms with Crippen LogP contribution in [0, 0.1) is 0 Å². The van der Waals surface area contributed by atoms with Gasteiger partial charge in [-0.25, -0.2) is 0 Å². The van der Waals surface area contributed by atoms with Crippen LogP contribution in [0.15, 0.2) is 0 Å². The van der Waals surface area contributed by atoms with Gasteiger partial charge in [-0.05, 0) is 39.3 Å². The van der Waals surface area contributed by atoms with Crippen LogP contribution in [-0.4, -0.2) is 36.2 Å². The van der Waals surface area contributed by atoms with Crippen molar-refractivity contribution >= 4 is 48.4 Å². The third-order valence-electron chi connectivity index (χ3n) is 1.39. The van der Waals surface area contributed by atoms with E-state index in [1.165, 1.54) is 0 Å².